The van der Waals surface area contributed by atoms with Crippen molar-refractivity contribution < 1.29 is 4.74 Å². The monoisotopic (exact) mass is 185 g/mol. The van der Waals surface area contributed by atoms with Crippen molar-refractivity contribution >= 4 is 17.0 Å². The van der Waals surface area contributed by atoms with Crippen molar-refractivity contribution in [3.63, 3.8) is 0 Å². The van der Waals surface area contributed by atoms with Gasteiger partial charge >= 0.3 is 0 Å². The molecular weight excluding hydrogens is 174 g/mol. The summed E-state index contributed by atoms with van der Waals surface area (Å²) in [6.07, 6.45) is 5.37. The molecule has 0 radical (unpaired) electrons. The predicted molar refractivity (Wildman–Crippen MR) is 57.8 cm³/mol. The number of benzene rings is 1. The lowest BCUT2D eigenvalue weighted by Gasteiger charge is -1.99. The van der Waals surface area contributed by atoms with Gasteiger partial charge in [-0.25, -0.2) is 0 Å². The van der Waals surface area contributed by atoms with Crippen LogP contribution in [-0.4, -0.2) is 12.1 Å². The van der Waals surface area contributed by atoms with Gasteiger partial charge in [-0.3, -0.25) is 4.98 Å². The standard InChI is InChI=1S/C12H11NO/c1-14-9-7-11-5-2-4-10-6-3-8-13-12(10)11/h2-9H,1H3/b9-7+. The second-order valence-corrected chi connectivity index (χ2v) is 2.96. The second-order valence-electron chi connectivity index (χ2n) is 2.96. The smallest absolute Gasteiger partial charge is 0.0831 e. The first-order valence-corrected chi connectivity index (χ1v) is 4.45. The van der Waals surface area contributed by atoms with Crippen molar-refractivity contribution in [3.8, 4) is 0 Å². The first-order chi connectivity index (χ1) is 6.92. The van der Waals surface area contributed by atoms with Gasteiger partial charge in [0.2, 0.25) is 0 Å². The largest absolute Gasteiger partial charge is 0.504 e. The van der Waals surface area contributed by atoms with Gasteiger partial charge in [-0.1, -0.05) is 24.3 Å². The van der Waals surface area contributed by atoms with Crippen LogP contribution in [0.1, 0.15) is 5.56 Å². The molecule has 70 valence electrons. The normalized spacial score (nSPS) is 10.9. The summed E-state index contributed by atoms with van der Waals surface area (Å²) in [5.74, 6) is 0. The lowest BCUT2D eigenvalue weighted by atomic mass is 10.1. The van der Waals surface area contributed by atoms with Crippen molar-refractivity contribution in [3.05, 3.63) is 48.4 Å². The molecule has 0 amide bonds. The highest BCUT2D eigenvalue weighted by Crippen LogP contribution is 2.16. The van der Waals surface area contributed by atoms with E-state index in [9.17, 15) is 0 Å². The summed E-state index contributed by atoms with van der Waals surface area (Å²) in [6, 6.07) is 10.1. The first-order valence-electron chi connectivity index (χ1n) is 4.45. The molecule has 0 unspecified atom stereocenters. The van der Waals surface area contributed by atoms with E-state index in [4.69, 9.17) is 4.74 Å². The minimum Gasteiger partial charge on any atom is -0.504 e. The minimum absolute atomic E-state index is 1.00. The molecule has 0 saturated carbocycles. The molecule has 2 aromatic rings. The Hall–Kier alpha value is -1.83. The molecule has 2 rings (SSSR count). The van der Waals surface area contributed by atoms with E-state index in [0.717, 1.165) is 16.5 Å². The highest BCUT2D eigenvalue weighted by molar-refractivity contribution is 5.86. The molecule has 1 heterocycles. The third-order valence-corrected chi connectivity index (χ3v) is 2.05. The molecule has 0 spiro atoms. The van der Waals surface area contributed by atoms with Crippen LogP contribution < -0.4 is 0 Å². The Morgan fingerprint density at radius 3 is 2.93 bits per heavy atom. The Morgan fingerprint density at radius 1 is 1.21 bits per heavy atom. The minimum atomic E-state index is 1.00. The molecule has 1 aromatic carbocycles. The number of hydrogen-bond acceptors (Lipinski definition) is 2. The fourth-order valence-corrected chi connectivity index (χ4v) is 1.40. The number of pyridine rings is 1. The maximum absolute atomic E-state index is 4.89. The number of aromatic nitrogens is 1. The molecular formula is C12H11NO. The number of methoxy groups -OCH3 is 1. The maximum Gasteiger partial charge on any atom is 0.0831 e. The topological polar surface area (TPSA) is 22.1 Å². The average molecular weight is 185 g/mol. The van der Waals surface area contributed by atoms with Crippen molar-refractivity contribution in [1.82, 2.24) is 4.98 Å². The van der Waals surface area contributed by atoms with Gasteiger partial charge in [-0.15, -0.1) is 0 Å². The van der Waals surface area contributed by atoms with E-state index in [1.54, 1.807) is 19.6 Å². The van der Waals surface area contributed by atoms with Gasteiger partial charge in [0, 0.05) is 17.1 Å². The van der Waals surface area contributed by atoms with E-state index in [1.165, 1.54) is 0 Å². The van der Waals surface area contributed by atoms with Crippen molar-refractivity contribution in [1.29, 1.82) is 0 Å². The Balaban J connectivity index is 2.59. The fraction of sp³-hybridized carbons (Fsp3) is 0.0833. The molecule has 2 heteroatoms. The third kappa shape index (κ3) is 1.59. The van der Waals surface area contributed by atoms with E-state index in [1.807, 2.05) is 36.4 Å². The third-order valence-electron chi connectivity index (χ3n) is 2.05. The first kappa shape index (κ1) is 8.75. The Labute approximate surface area is 82.9 Å². The molecule has 0 atom stereocenters. The fourth-order valence-electron chi connectivity index (χ4n) is 1.40. The molecule has 1 aromatic heterocycles. The van der Waals surface area contributed by atoms with Crippen LogP contribution in [0.25, 0.3) is 17.0 Å². The molecule has 0 bridgehead atoms. The van der Waals surface area contributed by atoms with E-state index >= 15 is 0 Å². The molecule has 2 nitrogen and oxygen atoms in total. The van der Waals surface area contributed by atoms with E-state index < -0.39 is 0 Å². The molecule has 14 heavy (non-hydrogen) atoms. The summed E-state index contributed by atoms with van der Waals surface area (Å²) >= 11 is 0. The van der Waals surface area contributed by atoms with Crippen LogP contribution in [-0.2, 0) is 4.74 Å². The number of fused-ring (bicyclic) bond motifs is 1. The number of hydrogen-bond donors (Lipinski definition) is 0. The van der Waals surface area contributed by atoms with Crippen LogP contribution >= 0.6 is 0 Å². The molecule has 0 aliphatic rings. The molecule has 0 fully saturated rings. The van der Waals surface area contributed by atoms with Gasteiger partial charge in [0.15, 0.2) is 0 Å². The average Bonchev–Trinajstić information content (AvgIpc) is 2.26. The van der Waals surface area contributed by atoms with Gasteiger partial charge in [-0.2, -0.15) is 0 Å². The van der Waals surface area contributed by atoms with Gasteiger partial charge in [0.1, 0.15) is 0 Å². The molecule has 0 aliphatic carbocycles. The molecule has 0 aliphatic heterocycles. The Morgan fingerprint density at radius 2 is 2.07 bits per heavy atom. The summed E-state index contributed by atoms with van der Waals surface area (Å²) in [5, 5.41) is 1.14. The zero-order valence-electron chi connectivity index (χ0n) is 7.97. The number of nitrogens with zero attached hydrogens (tertiary/aromatic N) is 1. The lowest BCUT2D eigenvalue weighted by molar-refractivity contribution is 0.341. The van der Waals surface area contributed by atoms with Crippen molar-refractivity contribution in [2.24, 2.45) is 0 Å². The highest BCUT2D eigenvalue weighted by atomic mass is 16.5. The zero-order chi connectivity index (χ0) is 9.80. The maximum atomic E-state index is 4.89. The Bertz CT molecular complexity index is 457. The highest BCUT2D eigenvalue weighted by Gasteiger charge is 1.96. The van der Waals surface area contributed by atoms with E-state index in [-0.39, 0.29) is 0 Å². The van der Waals surface area contributed by atoms with Crippen LogP contribution in [0.4, 0.5) is 0 Å². The summed E-state index contributed by atoms with van der Waals surface area (Å²) in [4.78, 5) is 4.33. The number of ether oxygens (including phenoxy) is 1. The van der Waals surface area contributed by atoms with E-state index in [0.29, 0.717) is 0 Å². The van der Waals surface area contributed by atoms with Gasteiger partial charge in [-0.05, 0) is 12.1 Å². The van der Waals surface area contributed by atoms with Crippen LogP contribution in [0, 0.1) is 0 Å². The summed E-state index contributed by atoms with van der Waals surface area (Å²) in [7, 11) is 1.63. The summed E-state index contributed by atoms with van der Waals surface area (Å²) in [5.41, 5.74) is 2.08. The van der Waals surface area contributed by atoms with Crippen LogP contribution in [0.5, 0.6) is 0 Å². The Kier molecular flexibility index (Phi) is 2.45. The molecule has 0 N–H and O–H groups in total. The molecule has 0 saturated heterocycles. The van der Waals surface area contributed by atoms with Crippen LogP contribution in [0.3, 0.4) is 0 Å². The van der Waals surface area contributed by atoms with E-state index in [2.05, 4.69) is 4.98 Å². The van der Waals surface area contributed by atoms with Gasteiger partial charge in [0.05, 0.1) is 18.9 Å². The number of rotatable bonds is 2. The van der Waals surface area contributed by atoms with Gasteiger partial charge in [0.25, 0.3) is 0 Å². The lowest BCUT2D eigenvalue weighted by Crippen LogP contribution is -1.81. The summed E-state index contributed by atoms with van der Waals surface area (Å²) < 4.78 is 4.89. The number of para-hydroxylation sites is 1. The quantitative estimate of drug-likeness (QED) is 0.671. The van der Waals surface area contributed by atoms with Crippen molar-refractivity contribution in [2.45, 2.75) is 0 Å². The summed E-state index contributed by atoms with van der Waals surface area (Å²) in [6.45, 7) is 0. The predicted octanol–water partition coefficient (Wildman–Crippen LogP) is 2.85. The van der Waals surface area contributed by atoms with Crippen LogP contribution in [0.2, 0.25) is 0 Å². The van der Waals surface area contributed by atoms with Gasteiger partial charge < -0.3 is 4.74 Å². The van der Waals surface area contributed by atoms with Crippen LogP contribution in [0.15, 0.2) is 42.8 Å². The van der Waals surface area contributed by atoms with Crippen molar-refractivity contribution in [2.75, 3.05) is 7.11 Å². The zero-order valence-corrected chi connectivity index (χ0v) is 7.97. The SMILES string of the molecule is CO/C=C/c1cccc2cccnc12. The second kappa shape index (κ2) is 3.92.